The first-order valence-electron chi connectivity index (χ1n) is 8.80. The van der Waals surface area contributed by atoms with Gasteiger partial charge < -0.3 is 10.6 Å². The smallest absolute Gasteiger partial charge is 0.0612 e. The molecule has 23 heavy (non-hydrogen) atoms. The molecule has 1 saturated heterocycles. The Morgan fingerprint density at radius 1 is 0.957 bits per heavy atom. The molecule has 1 aliphatic heterocycles. The molecule has 0 bridgehead atoms. The van der Waals surface area contributed by atoms with Gasteiger partial charge in [0.15, 0.2) is 0 Å². The van der Waals surface area contributed by atoms with E-state index in [2.05, 4.69) is 15.9 Å². The number of nitrogens with two attached hydrogens (primary N) is 1. The molecule has 0 spiro atoms. The molecule has 1 aliphatic carbocycles. The van der Waals surface area contributed by atoms with Crippen LogP contribution in [0.4, 0.5) is 5.69 Å². The van der Waals surface area contributed by atoms with Gasteiger partial charge in [0.2, 0.25) is 0 Å². The molecule has 128 valence electrons. The van der Waals surface area contributed by atoms with Crippen LogP contribution in [0.3, 0.4) is 0 Å². The van der Waals surface area contributed by atoms with Crippen LogP contribution in [-0.4, -0.2) is 43.7 Å². The summed E-state index contributed by atoms with van der Waals surface area (Å²) in [5.74, 6) is 0.892. The summed E-state index contributed by atoms with van der Waals surface area (Å²) >= 11 is 12.1. The van der Waals surface area contributed by atoms with E-state index in [-0.39, 0.29) is 0 Å². The van der Waals surface area contributed by atoms with Crippen LogP contribution >= 0.6 is 23.2 Å². The van der Waals surface area contributed by atoms with Gasteiger partial charge in [-0.15, -0.1) is 0 Å². The van der Waals surface area contributed by atoms with E-state index in [0.29, 0.717) is 16.1 Å². The molecule has 1 aromatic rings. The highest BCUT2D eigenvalue weighted by molar-refractivity contribution is 6.42. The van der Waals surface area contributed by atoms with Crippen LogP contribution in [0.15, 0.2) is 18.2 Å². The van der Waals surface area contributed by atoms with E-state index in [4.69, 9.17) is 28.9 Å². The molecule has 2 fully saturated rings. The molecule has 3 rings (SSSR count). The van der Waals surface area contributed by atoms with E-state index >= 15 is 0 Å². The Balaban J connectivity index is 1.42. The summed E-state index contributed by atoms with van der Waals surface area (Å²) in [6, 6.07) is 6.39. The third-order valence-corrected chi connectivity index (χ3v) is 6.12. The van der Waals surface area contributed by atoms with Gasteiger partial charge in [0, 0.05) is 37.9 Å². The largest absolute Gasteiger partial charge is 0.369 e. The fourth-order valence-corrected chi connectivity index (χ4v) is 4.05. The van der Waals surface area contributed by atoms with E-state index in [1.807, 2.05) is 12.1 Å². The number of benzene rings is 1. The molecule has 5 heteroatoms. The number of rotatable bonds is 4. The van der Waals surface area contributed by atoms with Crippen LogP contribution in [0.2, 0.25) is 10.0 Å². The molecule has 1 heterocycles. The maximum atomic E-state index is 6.13. The number of hydrogen-bond acceptors (Lipinski definition) is 3. The van der Waals surface area contributed by atoms with E-state index < -0.39 is 0 Å². The number of halogens is 2. The third kappa shape index (κ3) is 4.76. The van der Waals surface area contributed by atoms with Crippen LogP contribution in [0.1, 0.15) is 32.1 Å². The van der Waals surface area contributed by atoms with Crippen molar-refractivity contribution < 1.29 is 0 Å². The Morgan fingerprint density at radius 3 is 2.30 bits per heavy atom. The van der Waals surface area contributed by atoms with Gasteiger partial charge in [0.25, 0.3) is 0 Å². The summed E-state index contributed by atoms with van der Waals surface area (Å²) in [6.45, 7) is 5.62. The minimum atomic E-state index is 0.459. The van der Waals surface area contributed by atoms with Crippen LogP contribution in [0.25, 0.3) is 0 Å². The first-order chi connectivity index (χ1) is 11.1. The second kappa shape index (κ2) is 8.06. The van der Waals surface area contributed by atoms with Crippen molar-refractivity contribution in [3.8, 4) is 0 Å². The lowest BCUT2D eigenvalue weighted by molar-refractivity contribution is 0.217. The molecule has 0 aromatic heterocycles. The highest BCUT2D eigenvalue weighted by Gasteiger charge is 2.21. The Morgan fingerprint density at radius 2 is 1.65 bits per heavy atom. The predicted molar refractivity (Wildman–Crippen MR) is 99.7 cm³/mol. The number of anilines is 1. The Kier molecular flexibility index (Phi) is 6.08. The SMILES string of the molecule is NC1CCC(CCN2CCN(c3ccc(Cl)c(Cl)c3)CC2)CC1. The number of hydrogen-bond donors (Lipinski definition) is 1. The quantitative estimate of drug-likeness (QED) is 0.884. The van der Waals surface area contributed by atoms with Gasteiger partial charge in [0.1, 0.15) is 0 Å². The van der Waals surface area contributed by atoms with Crippen molar-refractivity contribution in [2.45, 2.75) is 38.1 Å². The van der Waals surface area contributed by atoms with Crippen LogP contribution in [0.5, 0.6) is 0 Å². The van der Waals surface area contributed by atoms with Crippen molar-refractivity contribution in [2.24, 2.45) is 11.7 Å². The molecule has 2 aliphatic rings. The molecular weight excluding hydrogens is 329 g/mol. The van der Waals surface area contributed by atoms with Crippen molar-refractivity contribution in [3.05, 3.63) is 28.2 Å². The minimum Gasteiger partial charge on any atom is -0.369 e. The fraction of sp³-hybridized carbons (Fsp3) is 0.667. The standard InChI is InChI=1S/C18H27Cl2N3/c19-17-6-5-16(13-18(17)20)23-11-9-22(10-12-23)8-7-14-1-3-15(21)4-2-14/h5-6,13-15H,1-4,7-12,21H2. The summed E-state index contributed by atoms with van der Waals surface area (Å²) in [7, 11) is 0. The van der Waals surface area contributed by atoms with Crippen molar-refractivity contribution >= 4 is 28.9 Å². The topological polar surface area (TPSA) is 32.5 Å². The first-order valence-corrected chi connectivity index (χ1v) is 9.55. The van der Waals surface area contributed by atoms with Gasteiger partial charge in [0.05, 0.1) is 10.0 Å². The maximum absolute atomic E-state index is 6.13. The maximum Gasteiger partial charge on any atom is 0.0612 e. The van der Waals surface area contributed by atoms with E-state index in [1.165, 1.54) is 44.3 Å². The van der Waals surface area contributed by atoms with Gasteiger partial charge in [-0.2, -0.15) is 0 Å². The zero-order chi connectivity index (χ0) is 16.2. The molecule has 1 saturated carbocycles. The lowest BCUT2D eigenvalue weighted by atomic mass is 9.84. The molecule has 0 unspecified atom stereocenters. The van der Waals surface area contributed by atoms with E-state index in [1.54, 1.807) is 0 Å². The Labute approximate surface area is 149 Å². The molecular formula is C18H27Cl2N3. The summed E-state index contributed by atoms with van der Waals surface area (Å²) in [4.78, 5) is 5.00. The van der Waals surface area contributed by atoms with Gasteiger partial charge in [-0.1, -0.05) is 23.2 Å². The van der Waals surface area contributed by atoms with Crippen molar-refractivity contribution in [2.75, 3.05) is 37.6 Å². The zero-order valence-corrected chi connectivity index (χ0v) is 15.2. The van der Waals surface area contributed by atoms with Gasteiger partial charge in [-0.05, 0) is 62.8 Å². The molecule has 3 nitrogen and oxygen atoms in total. The fourth-order valence-electron chi connectivity index (χ4n) is 3.75. The highest BCUT2D eigenvalue weighted by Crippen LogP contribution is 2.28. The van der Waals surface area contributed by atoms with Crippen molar-refractivity contribution in [1.29, 1.82) is 0 Å². The summed E-state index contributed by atoms with van der Waals surface area (Å²) in [5.41, 5.74) is 7.17. The summed E-state index contributed by atoms with van der Waals surface area (Å²) in [6.07, 6.45) is 6.42. The lowest BCUT2D eigenvalue weighted by Gasteiger charge is -2.37. The average Bonchev–Trinajstić information content (AvgIpc) is 2.57. The van der Waals surface area contributed by atoms with E-state index in [9.17, 15) is 0 Å². The van der Waals surface area contributed by atoms with Crippen molar-refractivity contribution in [1.82, 2.24) is 4.90 Å². The second-order valence-electron chi connectivity index (χ2n) is 7.00. The normalized spacial score (nSPS) is 26.5. The monoisotopic (exact) mass is 355 g/mol. The lowest BCUT2D eigenvalue weighted by Crippen LogP contribution is -2.47. The zero-order valence-electron chi connectivity index (χ0n) is 13.7. The van der Waals surface area contributed by atoms with Crippen molar-refractivity contribution in [3.63, 3.8) is 0 Å². The molecule has 1 aromatic carbocycles. The minimum absolute atomic E-state index is 0.459. The van der Waals surface area contributed by atoms with Crippen LogP contribution in [-0.2, 0) is 0 Å². The summed E-state index contributed by atoms with van der Waals surface area (Å²) in [5, 5.41) is 1.27. The van der Waals surface area contributed by atoms with Crippen LogP contribution in [0, 0.1) is 5.92 Å². The highest BCUT2D eigenvalue weighted by atomic mass is 35.5. The first kappa shape index (κ1) is 17.3. The van der Waals surface area contributed by atoms with Gasteiger partial charge >= 0.3 is 0 Å². The van der Waals surface area contributed by atoms with Gasteiger partial charge in [-0.25, -0.2) is 0 Å². The molecule has 2 N–H and O–H groups in total. The number of nitrogens with zero attached hydrogens (tertiary/aromatic N) is 2. The Hall–Kier alpha value is -0.480. The van der Waals surface area contributed by atoms with E-state index in [0.717, 1.165) is 32.1 Å². The van der Waals surface area contributed by atoms with Gasteiger partial charge in [-0.3, -0.25) is 4.90 Å². The Bertz CT molecular complexity index is 507. The van der Waals surface area contributed by atoms with Crippen LogP contribution < -0.4 is 10.6 Å². The average molecular weight is 356 g/mol. The molecule has 0 radical (unpaired) electrons. The molecule has 0 amide bonds. The summed E-state index contributed by atoms with van der Waals surface area (Å²) < 4.78 is 0. The predicted octanol–water partition coefficient (Wildman–Crippen LogP) is 4.02. The second-order valence-corrected chi connectivity index (χ2v) is 7.81. The third-order valence-electron chi connectivity index (χ3n) is 5.39. The number of piperazine rings is 1. The molecule has 0 atom stereocenters.